The lowest BCUT2D eigenvalue weighted by atomic mass is 9.93. The summed E-state index contributed by atoms with van der Waals surface area (Å²) in [4.78, 5) is 37.1. The maximum absolute atomic E-state index is 12.7. The van der Waals surface area contributed by atoms with Crippen LogP contribution >= 0.6 is 0 Å². The molecule has 0 radical (unpaired) electrons. The summed E-state index contributed by atoms with van der Waals surface area (Å²) in [7, 11) is 1.17. The Morgan fingerprint density at radius 2 is 1.43 bits per heavy atom. The predicted octanol–water partition coefficient (Wildman–Crippen LogP) is 2.68. The number of hydrogen-bond acceptors (Lipinski definition) is 8. The molecule has 10 heteroatoms. The second-order valence-corrected chi connectivity index (χ2v) is 5.13. The zero-order chi connectivity index (χ0) is 21.3. The fourth-order valence-corrected chi connectivity index (χ4v) is 2.35. The normalized spacial score (nSPS) is 10.6. The first-order chi connectivity index (χ1) is 13.3. The van der Waals surface area contributed by atoms with Gasteiger partial charge in [-0.1, -0.05) is 0 Å². The number of rotatable bonds is 10. The molecule has 8 nitrogen and oxygen atoms in total. The Labute approximate surface area is 160 Å². The third-order valence-electron chi connectivity index (χ3n) is 3.40. The van der Waals surface area contributed by atoms with Crippen molar-refractivity contribution in [1.82, 2.24) is 0 Å². The topological polar surface area (TPSA) is 97.4 Å². The molecule has 1 aromatic carbocycles. The molecule has 28 heavy (non-hydrogen) atoms. The molecule has 0 aliphatic heterocycles. The van der Waals surface area contributed by atoms with Crippen molar-refractivity contribution in [3.8, 4) is 11.5 Å². The van der Waals surface area contributed by atoms with Crippen molar-refractivity contribution in [2.75, 3.05) is 26.9 Å². The van der Waals surface area contributed by atoms with Crippen LogP contribution in [0.2, 0.25) is 0 Å². The quantitative estimate of drug-likeness (QED) is 0.334. The minimum atomic E-state index is -3.19. The molecule has 0 bridgehead atoms. The molecule has 1 aromatic rings. The van der Waals surface area contributed by atoms with E-state index in [9.17, 15) is 23.2 Å². The van der Waals surface area contributed by atoms with Gasteiger partial charge in [0.05, 0.1) is 32.5 Å². The van der Waals surface area contributed by atoms with Crippen molar-refractivity contribution in [1.29, 1.82) is 0 Å². The zero-order valence-electron chi connectivity index (χ0n) is 16.0. The number of esters is 3. The number of hydrogen-bond donors (Lipinski definition) is 0. The smallest absolute Gasteiger partial charge is 0.387 e. The fourth-order valence-electron chi connectivity index (χ4n) is 2.35. The molecular weight excluding hydrogens is 382 g/mol. The molecular formula is C18H22F2O8. The summed E-state index contributed by atoms with van der Waals surface area (Å²) in [6.45, 7) is 1.31. The van der Waals surface area contributed by atoms with E-state index < -0.39 is 36.2 Å². The van der Waals surface area contributed by atoms with Crippen molar-refractivity contribution >= 4 is 17.9 Å². The van der Waals surface area contributed by atoms with Crippen molar-refractivity contribution in [3.05, 3.63) is 23.3 Å². The second kappa shape index (κ2) is 11.1. The third kappa shape index (κ3) is 5.80. The molecule has 156 valence electrons. The molecule has 0 aliphatic rings. The van der Waals surface area contributed by atoms with E-state index >= 15 is 0 Å². The zero-order valence-corrected chi connectivity index (χ0v) is 16.0. The Balaban J connectivity index is 3.66. The highest BCUT2D eigenvalue weighted by atomic mass is 19.3. The van der Waals surface area contributed by atoms with Gasteiger partial charge in [0, 0.05) is 0 Å². The first kappa shape index (κ1) is 23.1. The lowest BCUT2D eigenvalue weighted by Crippen LogP contribution is -2.28. The first-order valence-electron chi connectivity index (χ1n) is 8.47. The summed E-state index contributed by atoms with van der Waals surface area (Å²) in [5.74, 6) is -5.23. The number of methoxy groups -OCH3 is 1. The number of halogens is 2. The standard InChI is InChI=1S/C18H22F2O8/c1-5-25-15(21)11-9-13(28-18(19)20)12(24-4)8-10(11)14(16(22)26-6-2)17(23)27-7-3/h8-9,14,18H,5-7H2,1-4H3. The summed E-state index contributed by atoms with van der Waals surface area (Å²) in [5.41, 5.74) is -0.502. The fraction of sp³-hybridized carbons (Fsp3) is 0.500. The van der Waals surface area contributed by atoms with E-state index in [0.717, 1.165) is 12.1 Å². The van der Waals surface area contributed by atoms with E-state index in [-0.39, 0.29) is 36.7 Å². The average Bonchev–Trinajstić information content (AvgIpc) is 2.62. The van der Waals surface area contributed by atoms with Crippen LogP contribution in [0.25, 0.3) is 0 Å². The number of carbonyl (C=O) groups is 3. The van der Waals surface area contributed by atoms with Crippen LogP contribution < -0.4 is 9.47 Å². The van der Waals surface area contributed by atoms with Crippen molar-refractivity contribution < 1.29 is 46.8 Å². The van der Waals surface area contributed by atoms with Crippen LogP contribution in [0.5, 0.6) is 11.5 Å². The van der Waals surface area contributed by atoms with Crippen molar-refractivity contribution in [3.63, 3.8) is 0 Å². The van der Waals surface area contributed by atoms with Crippen LogP contribution in [0.15, 0.2) is 12.1 Å². The van der Waals surface area contributed by atoms with Gasteiger partial charge in [-0.3, -0.25) is 9.59 Å². The lowest BCUT2D eigenvalue weighted by molar-refractivity contribution is -0.156. The predicted molar refractivity (Wildman–Crippen MR) is 91.6 cm³/mol. The van der Waals surface area contributed by atoms with Gasteiger partial charge in [-0.05, 0) is 38.5 Å². The Hall–Kier alpha value is -2.91. The molecule has 0 spiro atoms. The highest BCUT2D eigenvalue weighted by molar-refractivity contribution is 6.04. The number of carbonyl (C=O) groups excluding carboxylic acids is 3. The van der Waals surface area contributed by atoms with Gasteiger partial charge in [0.15, 0.2) is 17.4 Å². The largest absolute Gasteiger partial charge is 0.493 e. The molecule has 0 saturated heterocycles. The van der Waals surface area contributed by atoms with Crippen LogP contribution in [0.4, 0.5) is 8.78 Å². The minimum Gasteiger partial charge on any atom is -0.493 e. The Morgan fingerprint density at radius 3 is 1.86 bits per heavy atom. The van der Waals surface area contributed by atoms with Crippen LogP contribution in [-0.4, -0.2) is 51.4 Å². The highest BCUT2D eigenvalue weighted by Gasteiger charge is 2.36. The summed E-state index contributed by atoms with van der Waals surface area (Å²) < 4.78 is 49.5. The lowest BCUT2D eigenvalue weighted by Gasteiger charge is -2.20. The van der Waals surface area contributed by atoms with E-state index in [1.54, 1.807) is 0 Å². The van der Waals surface area contributed by atoms with E-state index in [4.69, 9.17) is 18.9 Å². The van der Waals surface area contributed by atoms with E-state index in [2.05, 4.69) is 4.74 Å². The minimum absolute atomic E-state index is 0.0289. The van der Waals surface area contributed by atoms with Gasteiger partial charge in [-0.15, -0.1) is 0 Å². The van der Waals surface area contributed by atoms with Crippen LogP contribution in [-0.2, 0) is 23.8 Å². The molecule has 0 heterocycles. The average molecular weight is 404 g/mol. The molecule has 0 amide bonds. The molecule has 0 aromatic heterocycles. The molecule has 0 fully saturated rings. The van der Waals surface area contributed by atoms with Crippen molar-refractivity contribution in [2.24, 2.45) is 0 Å². The van der Waals surface area contributed by atoms with Crippen LogP contribution in [0, 0.1) is 0 Å². The summed E-state index contributed by atoms with van der Waals surface area (Å²) in [6, 6.07) is 1.99. The SMILES string of the molecule is CCOC(=O)c1cc(OC(F)F)c(OC)cc1C(C(=O)OCC)C(=O)OCC. The monoisotopic (exact) mass is 404 g/mol. The number of benzene rings is 1. The molecule has 0 N–H and O–H groups in total. The molecule has 0 aliphatic carbocycles. The Kier molecular flexibility index (Phi) is 9.13. The van der Waals surface area contributed by atoms with Gasteiger partial charge in [-0.2, -0.15) is 8.78 Å². The highest BCUT2D eigenvalue weighted by Crippen LogP contribution is 2.36. The Bertz CT molecular complexity index is 687. The maximum Gasteiger partial charge on any atom is 0.387 e. The van der Waals surface area contributed by atoms with E-state index in [1.807, 2.05) is 0 Å². The number of ether oxygens (including phenoxy) is 5. The molecule has 0 saturated carbocycles. The molecule has 0 atom stereocenters. The van der Waals surface area contributed by atoms with Gasteiger partial charge in [-0.25, -0.2) is 4.79 Å². The van der Waals surface area contributed by atoms with E-state index in [1.165, 1.54) is 27.9 Å². The van der Waals surface area contributed by atoms with E-state index in [0.29, 0.717) is 0 Å². The summed E-state index contributed by atoms with van der Waals surface area (Å²) in [5, 5.41) is 0. The van der Waals surface area contributed by atoms with Gasteiger partial charge in [0.2, 0.25) is 0 Å². The summed E-state index contributed by atoms with van der Waals surface area (Å²) in [6.07, 6.45) is 0. The molecule has 1 rings (SSSR count). The van der Waals surface area contributed by atoms with Gasteiger partial charge < -0.3 is 23.7 Å². The van der Waals surface area contributed by atoms with Crippen LogP contribution in [0.1, 0.15) is 42.6 Å². The van der Waals surface area contributed by atoms with Crippen LogP contribution in [0.3, 0.4) is 0 Å². The maximum atomic E-state index is 12.7. The van der Waals surface area contributed by atoms with Gasteiger partial charge in [0.1, 0.15) is 0 Å². The Morgan fingerprint density at radius 1 is 0.893 bits per heavy atom. The molecule has 0 unspecified atom stereocenters. The second-order valence-electron chi connectivity index (χ2n) is 5.13. The number of alkyl halides is 2. The third-order valence-corrected chi connectivity index (χ3v) is 3.40. The summed E-state index contributed by atoms with van der Waals surface area (Å²) >= 11 is 0. The first-order valence-corrected chi connectivity index (χ1v) is 8.47. The van der Waals surface area contributed by atoms with Gasteiger partial charge in [0.25, 0.3) is 0 Å². The van der Waals surface area contributed by atoms with Gasteiger partial charge >= 0.3 is 24.5 Å². The van der Waals surface area contributed by atoms with Crippen molar-refractivity contribution in [2.45, 2.75) is 33.3 Å².